The number of rotatable bonds is 4. The van der Waals surface area contributed by atoms with Gasteiger partial charge in [-0.3, -0.25) is 9.59 Å². The van der Waals surface area contributed by atoms with E-state index in [1.54, 1.807) is 11.8 Å². The topological polar surface area (TPSA) is 87.2 Å². The summed E-state index contributed by atoms with van der Waals surface area (Å²) in [5.74, 6) is -1.96. The Balaban J connectivity index is 1.70. The van der Waals surface area contributed by atoms with Crippen LogP contribution in [0.25, 0.3) is 0 Å². The predicted molar refractivity (Wildman–Crippen MR) is 99.5 cm³/mol. The van der Waals surface area contributed by atoms with E-state index < -0.39 is 18.0 Å². The van der Waals surface area contributed by atoms with E-state index in [0.29, 0.717) is 25.4 Å². The summed E-state index contributed by atoms with van der Waals surface area (Å²) in [6.07, 6.45) is -0.985. The first-order chi connectivity index (χ1) is 12.8. The Morgan fingerprint density at radius 2 is 1.85 bits per heavy atom. The predicted octanol–water partition coefficient (Wildman–Crippen LogP) is 1.86. The number of hydrogen-bond acceptors (Lipinski definition) is 4. The van der Waals surface area contributed by atoms with Gasteiger partial charge >= 0.3 is 5.97 Å². The number of morpholine rings is 1. The molecule has 27 heavy (non-hydrogen) atoms. The van der Waals surface area contributed by atoms with E-state index in [4.69, 9.17) is 4.74 Å². The summed E-state index contributed by atoms with van der Waals surface area (Å²) in [6, 6.07) is 7.84. The normalized spacial score (nSPS) is 25.9. The number of hydrogen-bond donors (Lipinski definition) is 1. The first kappa shape index (κ1) is 19.4. The highest BCUT2D eigenvalue weighted by Crippen LogP contribution is 2.28. The Labute approximate surface area is 158 Å². The summed E-state index contributed by atoms with van der Waals surface area (Å²) in [6.45, 7) is 6.71. The van der Waals surface area contributed by atoms with Crippen molar-refractivity contribution < 1.29 is 24.2 Å². The molecule has 2 unspecified atom stereocenters. The third kappa shape index (κ3) is 3.98. The molecule has 1 N–H and O–H groups in total. The first-order valence-electron chi connectivity index (χ1n) is 9.36. The summed E-state index contributed by atoms with van der Waals surface area (Å²) in [5.41, 5.74) is 1.98. The molecule has 0 aromatic heterocycles. The molecule has 2 aliphatic heterocycles. The van der Waals surface area contributed by atoms with E-state index in [-0.39, 0.29) is 24.5 Å². The SMILES string of the molecule is CC(C)c1ccc(N2CCC(C(=O)N3CC(C(=O)O)O[C@H](C)C3)C2=O)cc1. The van der Waals surface area contributed by atoms with Crippen molar-refractivity contribution in [1.82, 2.24) is 4.90 Å². The number of benzene rings is 1. The number of nitrogens with zero attached hydrogens (tertiary/aromatic N) is 2. The van der Waals surface area contributed by atoms with E-state index in [1.807, 2.05) is 24.3 Å². The van der Waals surface area contributed by atoms with Gasteiger partial charge in [0.05, 0.1) is 12.6 Å². The first-order valence-corrected chi connectivity index (χ1v) is 9.36. The van der Waals surface area contributed by atoms with Crippen LogP contribution in [0.5, 0.6) is 0 Å². The van der Waals surface area contributed by atoms with Gasteiger partial charge in [0.15, 0.2) is 6.10 Å². The number of carbonyl (C=O) groups excluding carboxylic acids is 2. The number of aliphatic carboxylic acids is 1. The van der Waals surface area contributed by atoms with Gasteiger partial charge in [-0.2, -0.15) is 0 Å². The van der Waals surface area contributed by atoms with Gasteiger partial charge in [-0.05, 0) is 37.0 Å². The van der Waals surface area contributed by atoms with Crippen molar-refractivity contribution in [2.24, 2.45) is 5.92 Å². The average Bonchev–Trinajstić information content (AvgIpc) is 3.02. The molecule has 1 aromatic carbocycles. The summed E-state index contributed by atoms with van der Waals surface area (Å²) >= 11 is 0. The van der Waals surface area contributed by atoms with E-state index in [1.165, 1.54) is 10.5 Å². The molecule has 3 atom stereocenters. The van der Waals surface area contributed by atoms with Crippen LogP contribution in [-0.2, 0) is 19.1 Å². The van der Waals surface area contributed by atoms with Crippen LogP contribution >= 0.6 is 0 Å². The minimum absolute atomic E-state index is 0.0224. The van der Waals surface area contributed by atoms with Gasteiger partial charge in [0, 0.05) is 18.8 Å². The standard InChI is InChI=1S/C20H26N2O5/c1-12(2)14-4-6-15(7-5-14)22-9-8-16(19(22)24)18(23)21-10-13(3)27-17(11-21)20(25)26/h4-7,12-13,16-17H,8-11H2,1-3H3,(H,25,26)/t13-,16?,17?/m1/s1. The van der Waals surface area contributed by atoms with Gasteiger partial charge in [-0.15, -0.1) is 0 Å². The molecule has 2 saturated heterocycles. The molecule has 7 heteroatoms. The van der Waals surface area contributed by atoms with Crippen LogP contribution < -0.4 is 4.90 Å². The zero-order valence-corrected chi connectivity index (χ0v) is 15.9. The molecule has 0 bridgehead atoms. The van der Waals surface area contributed by atoms with Gasteiger partial charge in [0.1, 0.15) is 5.92 Å². The molecule has 2 heterocycles. The zero-order chi connectivity index (χ0) is 19.7. The lowest BCUT2D eigenvalue weighted by atomic mass is 10.0. The summed E-state index contributed by atoms with van der Waals surface area (Å²) < 4.78 is 5.35. The van der Waals surface area contributed by atoms with Crippen molar-refractivity contribution in [2.75, 3.05) is 24.5 Å². The number of carbonyl (C=O) groups is 3. The molecule has 7 nitrogen and oxygen atoms in total. The molecule has 2 aliphatic rings. The Hall–Kier alpha value is -2.41. The number of amides is 2. The zero-order valence-electron chi connectivity index (χ0n) is 15.9. The fraction of sp³-hybridized carbons (Fsp3) is 0.550. The van der Waals surface area contributed by atoms with Gasteiger partial charge in [-0.1, -0.05) is 26.0 Å². The van der Waals surface area contributed by atoms with Gasteiger partial charge in [0.25, 0.3) is 0 Å². The van der Waals surface area contributed by atoms with Crippen LogP contribution in [-0.4, -0.2) is 59.6 Å². The van der Waals surface area contributed by atoms with E-state index in [9.17, 15) is 19.5 Å². The maximum atomic E-state index is 12.9. The fourth-order valence-electron chi connectivity index (χ4n) is 3.69. The lowest BCUT2D eigenvalue weighted by Crippen LogP contribution is -2.54. The Bertz CT molecular complexity index is 730. The number of carboxylic acid groups (broad SMARTS) is 1. The molecule has 0 aliphatic carbocycles. The van der Waals surface area contributed by atoms with Crippen molar-refractivity contribution in [3.63, 3.8) is 0 Å². The summed E-state index contributed by atoms with van der Waals surface area (Å²) in [7, 11) is 0. The number of anilines is 1. The van der Waals surface area contributed by atoms with Crippen molar-refractivity contribution in [1.29, 1.82) is 0 Å². The second-order valence-electron chi connectivity index (χ2n) is 7.59. The molecule has 0 saturated carbocycles. The molecular formula is C20H26N2O5. The molecule has 3 rings (SSSR count). The average molecular weight is 374 g/mol. The van der Waals surface area contributed by atoms with Crippen LogP contribution in [0.4, 0.5) is 5.69 Å². The molecule has 0 spiro atoms. The Morgan fingerprint density at radius 1 is 1.19 bits per heavy atom. The van der Waals surface area contributed by atoms with Crippen LogP contribution in [0.3, 0.4) is 0 Å². The molecule has 2 fully saturated rings. The quantitative estimate of drug-likeness (QED) is 0.813. The van der Waals surface area contributed by atoms with Crippen LogP contribution in [0.2, 0.25) is 0 Å². The van der Waals surface area contributed by atoms with Gasteiger partial charge < -0.3 is 19.6 Å². The van der Waals surface area contributed by atoms with Crippen molar-refractivity contribution >= 4 is 23.5 Å². The van der Waals surface area contributed by atoms with Crippen molar-refractivity contribution in [3.05, 3.63) is 29.8 Å². The van der Waals surface area contributed by atoms with Crippen LogP contribution in [0.15, 0.2) is 24.3 Å². The van der Waals surface area contributed by atoms with Crippen LogP contribution in [0.1, 0.15) is 38.7 Å². The third-order valence-corrected chi connectivity index (χ3v) is 5.22. The molecule has 146 valence electrons. The van der Waals surface area contributed by atoms with Crippen molar-refractivity contribution in [2.45, 2.75) is 45.3 Å². The fourth-order valence-corrected chi connectivity index (χ4v) is 3.69. The minimum atomic E-state index is -1.09. The molecule has 1 aromatic rings. The van der Waals surface area contributed by atoms with Gasteiger partial charge in [-0.25, -0.2) is 4.79 Å². The van der Waals surface area contributed by atoms with E-state index in [2.05, 4.69) is 13.8 Å². The van der Waals surface area contributed by atoms with Crippen LogP contribution in [0, 0.1) is 5.92 Å². The summed E-state index contributed by atoms with van der Waals surface area (Å²) in [4.78, 5) is 40.0. The maximum absolute atomic E-state index is 12.9. The summed E-state index contributed by atoms with van der Waals surface area (Å²) in [5, 5.41) is 9.19. The smallest absolute Gasteiger partial charge is 0.334 e. The highest BCUT2D eigenvalue weighted by atomic mass is 16.5. The maximum Gasteiger partial charge on any atom is 0.334 e. The van der Waals surface area contributed by atoms with Gasteiger partial charge in [0.2, 0.25) is 11.8 Å². The van der Waals surface area contributed by atoms with Crippen molar-refractivity contribution in [3.8, 4) is 0 Å². The second kappa shape index (κ2) is 7.68. The van der Waals surface area contributed by atoms with E-state index in [0.717, 1.165) is 5.69 Å². The second-order valence-corrected chi connectivity index (χ2v) is 7.59. The highest BCUT2D eigenvalue weighted by Gasteiger charge is 2.42. The van der Waals surface area contributed by atoms with E-state index >= 15 is 0 Å². The Kier molecular flexibility index (Phi) is 5.51. The largest absolute Gasteiger partial charge is 0.479 e. The Morgan fingerprint density at radius 3 is 2.44 bits per heavy atom. The molecular weight excluding hydrogens is 348 g/mol. The molecule has 2 amide bonds. The molecule has 0 radical (unpaired) electrons. The highest BCUT2D eigenvalue weighted by molar-refractivity contribution is 6.09. The monoisotopic (exact) mass is 374 g/mol. The third-order valence-electron chi connectivity index (χ3n) is 5.22. The lowest BCUT2D eigenvalue weighted by Gasteiger charge is -2.36. The lowest BCUT2D eigenvalue weighted by molar-refractivity contribution is -0.167. The number of carboxylic acids is 1. The minimum Gasteiger partial charge on any atom is -0.479 e. The number of ether oxygens (including phenoxy) is 1.